The van der Waals surface area contributed by atoms with Gasteiger partial charge < -0.3 is 5.11 Å². The number of carboxylic acids is 1. The van der Waals surface area contributed by atoms with Gasteiger partial charge in [0.05, 0.1) is 5.92 Å². The molecule has 0 spiro atoms. The largest absolute Gasteiger partial charge is 0.481 e. The van der Waals surface area contributed by atoms with Crippen molar-refractivity contribution in [2.24, 2.45) is 11.3 Å². The van der Waals surface area contributed by atoms with Gasteiger partial charge in [-0.15, -0.1) is 0 Å². The van der Waals surface area contributed by atoms with Crippen LogP contribution in [0.5, 0.6) is 0 Å². The zero-order valence-electron chi connectivity index (χ0n) is 9.00. The summed E-state index contributed by atoms with van der Waals surface area (Å²) in [6, 6.07) is 3.20. The molecule has 1 aromatic rings. The Kier molecular flexibility index (Phi) is 2.26. The van der Waals surface area contributed by atoms with Gasteiger partial charge in [0.1, 0.15) is 11.6 Å². The van der Waals surface area contributed by atoms with Crippen LogP contribution in [0.1, 0.15) is 25.3 Å². The molecule has 16 heavy (non-hydrogen) atoms. The van der Waals surface area contributed by atoms with E-state index in [9.17, 15) is 13.6 Å². The minimum Gasteiger partial charge on any atom is -0.481 e. The molecule has 1 aliphatic carbocycles. The van der Waals surface area contributed by atoms with Gasteiger partial charge in [-0.25, -0.2) is 8.78 Å². The highest BCUT2D eigenvalue weighted by Gasteiger charge is 2.62. The quantitative estimate of drug-likeness (QED) is 0.841. The average Bonchev–Trinajstić information content (AvgIpc) is 2.67. The minimum absolute atomic E-state index is 0.310. The molecule has 1 aliphatic rings. The van der Waals surface area contributed by atoms with E-state index in [1.54, 1.807) is 13.8 Å². The van der Waals surface area contributed by atoms with Crippen LogP contribution in [0.25, 0.3) is 0 Å². The van der Waals surface area contributed by atoms with Crippen molar-refractivity contribution in [2.75, 3.05) is 0 Å². The van der Waals surface area contributed by atoms with E-state index in [0.717, 1.165) is 6.07 Å². The number of halogens is 2. The number of benzene rings is 1. The SMILES string of the molecule is CC1(C)[C@H](C(=O)O)[C@H]1c1cc(F)cc(F)c1. The Morgan fingerprint density at radius 1 is 1.25 bits per heavy atom. The van der Waals surface area contributed by atoms with Crippen molar-refractivity contribution < 1.29 is 18.7 Å². The number of hydrogen-bond acceptors (Lipinski definition) is 1. The molecular formula is C12H12F2O2. The van der Waals surface area contributed by atoms with Gasteiger partial charge in [0.2, 0.25) is 0 Å². The molecule has 1 N–H and O–H groups in total. The summed E-state index contributed by atoms with van der Waals surface area (Å²) in [5.41, 5.74) is -0.0126. The van der Waals surface area contributed by atoms with E-state index in [1.165, 1.54) is 12.1 Å². The highest BCUT2D eigenvalue weighted by atomic mass is 19.1. The molecule has 0 aliphatic heterocycles. The summed E-state index contributed by atoms with van der Waals surface area (Å²) < 4.78 is 26.0. The number of aliphatic carboxylic acids is 1. The van der Waals surface area contributed by atoms with Gasteiger partial charge in [0.25, 0.3) is 0 Å². The van der Waals surface area contributed by atoms with Crippen LogP contribution in [0.15, 0.2) is 18.2 Å². The monoisotopic (exact) mass is 226 g/mol. The molecule has 1 fully saturated rings. The van der Waals surface area contributed by atoms with E-state index in [-0.39, 0.29) is 5.92 Å². The number of rotatable bonds is 2. The molecule has 0 heterocycles. The molecule has 0 saturated heterocycles. The van der Waals surface area contributed by atoms with Crippen molar-refractivity contribution in [1.29, 1.82) is 0 Å². The molecule has 1 saturated carbocycles. The van der Waals surface area contributed by atoms with Crippen LogP contribution >= 0.6 is 0 Å². The van der Waals surface area contributed by atoms with Gasteiger partial charge in [0.15, 0.2) is 0 Å². The molecule has 0 aromatic heterocycles. The highest BCUT2D eigenvalue weighted by molar-refractivity contribution is 5.77. The fourth-order valence-corrected chi connectivity index (χ4v) is 2.48. The van der Waals surface area contributed by atoms with Gasteiger partial charge in [-0.05, 0) is 23.1 Å². The van der Waals surface area contributed by atoms with Crippen LogP contribution in [0.2, 0.25) is 0 Å². The Bertz CT molecular complexity index is 434. The normalized spacial score (nSPS) is 26.5. The lowest BCUT2D eigenvalue weighted by atomic mass is 10.0. The Morgan fingerprint density at radius 3 is 2.12 bits per heavy atom. The third-order valence-electron chi connectivity index (χ3n) is 3.34. The van der Waals surface area contributed by atoms with Crippen molar-refractivity contribution in [3.63, 3.8) is 0 Å². The first-order valence-electron chi connectivity index (χ1n) is 5.03. The standard InChI is InChI=1S/C12H12F2O2/c1-12(2)9(10(12)11(15)16)6-3-7(13)5-8(14)4-6/h3-5,9-10H,1-2H3,(H,15,16)/t9-,10+/m1/s1. The topological polar surface area (TPSA) is 37.3 Å². The molecule has 2 rings (SSSR count). The summed E-state index contributed by atoms with van der Waals surface area (Å²) in [6.07, 6.45) is 0. The first-order chi connectivity index (χ1) is 7.34. The molecule has 2 nitrogen and oxygen atoms in total. The van der Waals surface area contributed by atoms with E-state index in [4.69, 9.17) is 5.11 Å². The Balaban J connectivity index is 2.37. The molecule has 4 heteroatoms. The van der Waals surface area contributed by atoms with E-state index in [2.05, 4.69) is 0 Å². The second-order valence-electron chi connectivity index (χ2n) is 4.82. The number of hydrogen-bond donors (Lipinski definition) is 1. The fraction of sp³-hybridized carbons (Fsp3) is 0.417. The van der Waals surface area contributed by atoms with E-state index in [1.807, 2.05) is 0 Å². The highest BCUT2D eigenvalue weighted by Crippen LogP contribution is 2.64. The summed E-state index contributed by atoms with van der Waals surface area (Å²) >= 11 is 0. The summed E-state index contributed by atoms with van der Waals surface area (Å²) in [4.78, 5) is 10.9. The smallest absolute Gasteiger partial charge is 0.307 e. The van der Waals surface area contributed by atoms with Crippen molar-refractivity contribution in [2.45, 2.75) is 19.8 Å². The van der Waals surface area contributed by atoms with Crippen molar-refractivity contribution in [3.8, 4) is 0 Å². The van der Waals surface area contributed by atoms with Crippen molar-refractivity contribution in [3.05, 3.63) is 35.4 Å². The molecular weight excluding hydrogens is 214 g/mol. The summed E-state index contributed by atoms with van der Waals surface area (Å²) in [5, 5.41) is 8.97. The Morgan fingerprint density at radius 2 is 1.75 bits per heavy atom. The van der Waals surface area contributed by atoms with Crippen molar-refractivity contribution >= 4 is 5.97 Å². The lowest BCUT2D eigenvalue weighted by molar-refractivity contribution is -0.139. The number of carbonyl (C=O) groups is 1. The van der Waals surface area contributed by atoms with E-state index < -0.39 is 28.9 Å². The van der Waals surface area contributed by atoms with Crippen LogP contribution in [0, 0.1) is 23.0 Å². The first-order valence-corrected chi connectivity index (χ1v) is 5.03. The second kappa shape index (κ2) is 3.27. The third kappa shape index (κ3) is 1.58. The molecule has 0 radical (unpaired) electrons. The maximum atomic E-state index is 13.0. The summed E-state index contributed by atoms with van der Waals surface area (Å²) in [6.45, 7) is 3.58. The van der Waals surface area contributed by atoms with Crippen LogP contribution in [-0.2, 0) is 4.79 Å². The first kappa shape index (κ1) is 11.0. The van der Waals surface area contributed by atoms with Crippen molar-refractivity contribution in [1.82, 2.24) is 0 Å². The maximum absolute atomic E-state index is 13.0. The Hall–Kier alpha value is -1.45. The van der Waals surface area contributed by atoms with Gasteiger partial charge in [-0.1, -0.05) is 13.8 Å². The van der Waals surface area contributed by atoms with E-state index in [0.29, 0.717) is 5.56 Å². The summed E-state index contributed by atoms with van der Waals surface area (Å²) in [5.74, 6) is -3.12. The third-order valence-corrected chi connectivity index (χ3v) is 3.34. The fourth-order valence-electron chi connectivity index (χ4n) is 2.48. The molecule has 2 atom stereocenters. The molecule has 86 valence electrons. The van der Waals surface area contributed by atoms with Crippen LogP contribution in [0.4, 0.5) is 8.78 Å². The molecule has 1 aromatic carbocycles. The van der Waals surface area contributed by atoms with E-state index >= 15 is 0 Å². The van der Waals surface area contributed by atoms with Crippen LogP contribution < -0.4 is 0 Å². The predicted molar refractivity (Wildman–Crippen MR) is 54.0 cm³/mol. The predicted octanol–water partition coefficient (Wildman–Crippen LogP) is 2.79. The molecule has 0 amide bonds. The number of carboxylic acid groups (broad SMARTS) is 1. The lowest BCUT2D eigenvalue weighted by Crippen LogP contribution is -2.03. The Labute approximate surface area is 91.9 Å². The minimum atomic E-state index is -0.917. The second-order valence-corrected chi connectivity index (χ2v) is 4.82. The van der Waals surface area contributed by atoms with Crippen LogP contribution in [-0.4, -0.2) is 11.1 Å². The average molecular weight is 226 g/mol. The summed E-state index contributed by atoms with van der Waals surface area (Å²) in [7, 11) is 0. The zero-order valence-corrected chi connectivity index (χ0v) is 9.00. The zero-order chi connectivity index (χ0) is 12.1. The maximum Gasteiger partial charge on any atom is 0.307 e. The molecule has 0 bridgehead atoms. The van der Waals surface area contributed by atoms with Crippen LogP contribution in [0.3, 0.4) is 0 Å². The van der Waals surface area contributed by atoms with Gasteiger partial charge in [-0.3, -0.25) is 4.79 Å². The molecule has 0 unspecified atom stereocenters. The van der Waals surface area contributed by atoms with Gasteiger partial charge in [0, 0.05) is 12.0 Å². The van der Waals surface area contributed by atoms with Gasteiger partial charge >= 0.3 is 5.97 Å². The lowest BCUT2D eigenvalue weighted by Gasteiger charge is -2.03. The van der Waals surface area contributed by atoms with Gasteiger partial charge in [-0.2, -0.15) is 0 Å².